The van der Waals surface area contributed by atoms with Crippen molar-refractivity contribution in [3.63, 3.8) is 0 Å². The summed E-state index contributed by atoms with van der Waals surface area (Å²) in [5, 5.41) is 20.3. The van der Waals surface area contributed by atoms with Gasteiger partial charge in [-0.25, -0.2) is 4.58 Å². The van der Waals surface area contributed by atoms with Gasteiger partial charge in [0.2, 0.25) is 0 Å². The van der Waals surface area contributed by atoms with Gasteiger partial charge in [0.15, 0.2) is 12.6 Å². The van der Waals surface area contributed by atoms with Gasteiger partial charge < -0.3 is 5.11 Å². The molecule has 148 valence electrons. The summed E-state index contributed by atoms with van der Waals surface area (Å²) in [4.78, 5) is 0. The van der Waals surface area contributed by atoms with Crippen LogP contribution in [0, 0.1) is 17.8 Å². The second-order valence-corrected chi connectivity index (χ2v) is 9.16. The van der Waals surface area contributed by atoms with E-state index in [0.717, 1.165) is 25.8 Å². The maximum absolute atomic E-state index is 10.7. The minimum absolute atomic E-state index is 0.0135. The molecule has 0 heterocycles. The Labute approximate surface area is 164 Å². The van der Waals surface area contributed by atoms with Crippen LogP contribution in [0.3, 0.4) is 0 Å². The quantitative estimate of drug-likeness (QED) is 0.308. The summed E-state index contributed by atoms with van der Waals surface area (Å²) in [5.41, 5.74) is 0. The molecule has 0 bridgehead atoms. The zero-order valence-corrected chi connectivity index (χ0v) is 17.2. The second-order valence-electron chi connectivity index (χ2n) is 8.78. The molecule has 0 aromatic rings. The molecule has 7 atom stereocenters. The van der Waals surface area contributed by atoms with E-state index in [-0.39, 0.29) is 12.1 Å². The standard InChI is InChI=1S/C21H37ClN3O/c1-3-15-6-4-5-7-19(15)23-24-21-18-14-17(25(2)13-12-22)10-8-16(18)9-11-20(21)26/h15-21,26H,2-14H2,1H3/q+1. The minimum atomic E-state index is -0.325. The van der Waals surface area contributed by atoms with Crippen LogP contribution in [-0.4, -0.2) is 53.1 Å². The van der Waals surface area contributed by atoms with Gasteiger partial charge in [-0.2, -0.15) is 10.2 Å². The van der Waals surface area contributed by atoms with Crippen molar-refractivity contribution in [3.05, 3.63) is 0 Å². The van der Waals surface area contributed by atoms with E-state index >= 15 is 0 Å². The van der Waals surface area contributed by atoms with Crippen LogP contribution in [0.15, 0.2) is 10.2 Å². The van der Waals surface area contributed by atoms with Gasteiger partial charge in [0.1, 0.15) is 6.72 Å². The SMILES string of the molecule is C=[N+](CCCl)C1CCC2CCC(O)C(N=NC3CCCCC3CC)C2C1. The topological polar surface area (TPSA) is 48.0 Å². The minimum Gasteiger partial charge on any atom is -0.391 e. The van der Waals surface area contributed by atoms with Gasteiger partial charge in [-0.15, -0.1) is 11.6 Å². The van der Waals surface area contributed by atoms with E-state index in [9.17, 15) is 5.11 Å². The first-order chi connectivity index (χ1) is 12.6. The van der Waals surface area contributed by atoms with Gasteiger partial charge in [0.25, 0.3) is 0 Å². The van der Waals surface area contributed by atoms with Crippen molar-refractivity contribution in [3.8, 4) is 0 Å². The Kier molecular flexibility index (Phi) is 7.51. The lowest BCUT2D eigenvalue weighted by molar-refractivity contribution is -0.560. The number of halogens is 1. The third kappa shape index (κ3) is 4.67. The molecule has 3 saturated carbocycles. The Balaban J connectivity index is 1.69. The van der Waals surface area contributed by atoms with Crippen molar-refractivity contribution in [2.75, 3.05) is 12.4 Å². The summed E-state index contributed by atoms with van der Waals surface area (Å²) in [6.45, 7) is 7.31. The first kappa shape index (κ1) is 20.3. The first-order valence-corrected chi connectivity index (χ1v) is 11.4. The maximum Gasteiger partial charge on any atom is 0.156 e. The summed E-state index contributed by atoms with van der Waals surface area (Å²) in [7, 11) is 0. The van der Waals surface area contributed by atoms with Gasteiger partial charge in [-0.3, -0.25) is 0 Å². The highest BCUT2D eigenvalue weighted by molar-refractivity contribution is 6.17. The Morgan fingerprint density at radius 1 is 1.08 bits per heavy atom. The van der Waals surface area contributed by atoms with Crippen LogP contribution in [0.25, 0.3) is 0 Å². The number of alkyl halides is 1. The summed E-state index contributed by atoms with van der Waals surface area (Å²) in [6, 6.07) is 0.831. The fraction of sp³-hybridized carbons (Fsp3) is 0.952. The Morgan fingerprint density at radius 2 is 1.85 bits per heavy atom. The smallest absolute Gasteiger partial charge is 0.156 e. The number of azo groups is 1. The zero-order chi connectivity index (χ0) is 18.5. The average molecular weight is 383 g/mol. The number of aliphatic hydroxyl groups is 1. The first-order valence-electron chi connectivity index (χ1n) is 10.8. The molecule has 0 saturated heterocycles. The molecule has 7 unspecified atom stereocenters. The fourth-order valence-corrected chi connectivity index (χ4v) is 5.84. The molecular weight excluding hydrogens is 346 g/mol. The highest BCUT2D eigenvalue weighted by Crippen LogP contribution is 2.43. The zero-order valence-electron chi connectivity index (χ0n) is 16.4. The van der Waals surface area contributed by atoms with Crippen molar-refractivity contribution >= 4 is 18.3 Å². The van der Waals surface area contributed by atoms with Crippen LogP contribution < -0.4 is 0 Å². The highest BCUT2D eigenvalue weighted by Gasteiger charge is 2.45. The number of fused-ring (bicyclic) bond motifs is 1. The predicted octanol–water partition coefficient (Wildman–Crippen LogP) is 4.67. The van der Waals surface area contributed by atoms with Gasteiger partial charge in [-0.1, -0.05) is 26.2 Å². The van der Waals surface area contributed by atoms with Crippen molar-refractivity contribution < 1.29 is 9.68 Å². The van der Waals surface area contributed by atoms with Crippen molar-refractivity contribution in [1.82, 2.24) is 0 Å². The van der Waals surface area contributed by atoms with Crippen LogP contribution in [0.4, 0.5) is 0 Å². The number of hydrogen-bond acceptors (Lipinski definition) is 3. The van der Waals surface area contributed by atoms with Gasteiger partial charge in [-0.05, 0) is 49.9 Å². The Hall–Kier alpha value is -0.480. The van der Waals surface area contributed by atoms with E-state index in [1.54, 1.807) is 0 Å². The lowest BCUT2D eigenvalue weighted by atomic mass is 9.66. The molecule has 4 nitrogen and oxygen atoms in total. The van der Waals surface area contributed by atoms with E-state index in [1.165, 1.54) is 44.9 Å². The molecule has 26 heavy (non-hydrogen) atoms. The van der Waals surface area contributed by atoms with Crippen LogP contribution in [-0.2, 0) is 0 Å². The molecule has 0 aromatic heterocycles. The van der Waals surface area contributed by atoms with Gasteiger partial charge in [0, 0.05) is 12.8 Å². The number of aliphatic hydroxyl groups excluding tert-OH is 1. The van der Waals surface area contributed by atoms with E-state index in [4.69, 9.17) is 21.8 Å². The van der Waals surface area contributed by atoms with E-state index in [0.29, 0.717) is 35.7 Å². The third-order valence-corrected chi connectivity index (χ3v) is 7.49. The van der Waals surface area contributed by atoms with Crippen molar-refractivity contribution in [2.24, 2.45) is 28.0 Å². The lowest BCUT2D eigenvalue weighted by Crippen LogP contribution is -2.47. The molecule has 3 rings (SSSR count). The molecule has 0 aromatic carbocycles. The summed E-state index contributed by atoms with van der Waals surface area (Å²) < 4.78 is 2.16. The molecule has 0 aliphatic heterocycles. The highest BCUT2D eigenvalue weighted by atomic mass is 35.5. The van der Waals surface area contributed by atoms with E-state index in [2.05, 4.69) is 18.2 Å². The molecule has 3 aliphatic rings. The molecular formula is C21H37ClN3O+. The van der Waals surface area contributed by atoms with Crippen molar-refractivity contribution in [2.45, 2.75) is 95.4 Å². The number of hydrogen-bond donors (Lipinski definition) is 1. The monoisotopic (exact) mass is 382 g/mol. The molecule has 0 spiro atoms. The second kappa shape index (κ2) is 9.64. The molecule has 0 radical (unpaired) electrons. The van der Waals surface area contributed by atoms with Gasteiger partial charge >= 0.3 is 0 Å². The van der Waals surface area contributed by atoms with Crippen LogP contribution in [0.1, 0.15) is 71.1 Å². The van der Waals surface area contributed by atoms with E-state index < -0.39 is 0 Å². The molecule has 1 N–H and O–H groups in total. The Bertz CT molecular complexity index is 498. The van der Waals surface area contributed by atoms with Crippen molar-refractivity contribution in [1.29, 1.82) is 0 Å². The fourth-order valence-electron chi connectivity index (χ4n) is 5.63. The third-order valence-electron chi connectivity index (χ3n) is 7.32. The van der Waals surface area contributed by atoms with Crippen LogP contribution in [0.5, 0.6) is 0 Å². The van der Waals surface area contributed by atoms with Gasteiger partial charge in [0.05, 0.1) is 24.1 Å². The predicted molar refractivity (Wildman–Crippen MR) is 108 cm³/mol. The Morgan fingerprint density at radius 3 is 2.62 bits per heavy atom. The average Bonchev–Trinajstić information content (AvgIpc) is 2.67. The summed E-state index contributed by atoms with van der Waals surface area (Å²) in [6.07, 6.45) is 11.5. The van der Waals surface area contributed by atoms with E-state index in [1.807, 2.05) is 0 Å². The summed E-state index contributed by atoms with van der Waals surface area (Å²) >= 11 is 5.91. The summed E-state index contributed by atoms with van der Waals surface area (Å²) in [5.74, 6) is 2.45. The van der Waals surface area contributed by atoms with Crippen LogP contribution in [0.2, 0.25) is 0 Å². The normalized spacial score (nSPS) is 41.1. The lowest BCUT2D eigenvalue weighted by Gasteiger charge is -2.43. The molecule has 0 amide bonds. The number of nitrogens with zero attached hydrogens (tertiary/aromatic N) is 3. The molecule has 3 fully saturated rings. The maximum atomic E-state index is 10.7. The number of rotatable bonds is 6. The molecule has 3 aliphatic carbocycles. The largest absolute Gasteiger partial charge is 0.391 e. The van der Waals surface area contributed by atoms with Crippen LogP contribution >= 0.6 is 11.6 Å². The molecule has 5 heteroatoms.